The fraction of sp³-hybridized carbons (Fsp3) is 0.467. The molecule has 0 saturated heterocycles. The molecule has 100 valence electrons. The first-order chi connectivity index (χ1) is 9.15. The molecule has 19 heavy (non-hydrogen) atoms. The van der Waals surface area contributed by atoms with E-state index in [1.165, 1.54) is 12.1 Å². The Hall–Kier alpha value is -1.71. The first kappa shape index (κ1) is 12.3. The summed E-state index contributed by atoms with van der Waals surface area (Å²) in [4.78, 5) is 4.52. The van der Waals surface area contributed by atoms with Gasteiger partial charge < -0.3 is 4.52 Å². The van der Waals surface area contributed by atoms with Gasteiger partial charge in [-0.1, -0.05) is 31.1 Å². The summed E-state index contributed by atoms with van der Waals surface area (Å²) in [5, 5.41) is 4.06. The molecule has 1 aliphatic carbocycles. The largest absolute Gasteiger partial charge is 0.339 e. The number of rotatable bonds is 4. The number of nitrogens with zero attached hydrogens (tertiary/aromatic N) is 2. The molecule has 1 atom stereocenters. The molecule has 0 N–H and O–H groups in total. The fourth-order valence-electron chi connectivity index (χ4n) is 2.36. The molecule has 1 aromatic heterocycles. The van der Waals surface area contributed by atoms with E-state index in [1.807, 2.05) is 0 Å². The summed E-state index contributed by atoms with van der Waals surface area (Å²) in [6, 6.07) is 6.54. The fourth-order valence-corrected chi connectivity index (χ4v) is 2.36. The van der Waals surface area contributed by atoms with Crippen LogP contribution in [0.15, 0.2) is 28.8 Å². The van der Waals surface area contributed by atoms with Crippen molar-refractivity contribution in [2.24, 2.45) is 5.92 Å². The van der Waals surface area contributed by atoms with Crippen molar-refractivity contribution < 1.29 is 8.91 Å². The maximum absolute atomic E-state index is 13.0. The third-order valence-electron chi connectivity index (χ3n) is 3.56. The van der Waals surface area contributed by atoms with Crippen molar-refractivity contribution in [1.82, 2.24) is 10.1 Å². The van der Waals surface area contributed by atoms with Crippen molar-refractivity contribution in [2.45, 2.75) is 38.5 Å². The van der Waals surface area contributed by atoms with Crippen LogP contribution in [0.25, 0.3) is 0 Å². The zero-order chi connectivity index (χ0) is 13.4. The highest BCUT2D eigenvalue weighted by Crippen LogP contribution is 2.39. The van der Waals surface area contributed by atoms with E-state index in [0.717, 1.165) is 24.2 Å². The molecule has 3 rings (SSSR count). The lowest BCUT2D eigenvalue weighted by atomic mass is 9.88. The van der Waals surface area contributed by atoms with Crippen LogP contribution in [0, 0.1) is 11.7 Å². The van der Waals surface area contributed by atoms with Gasteiger partial charge in [0, 0.05) is 5.92 Å². The van der Waals surface area contributed by atoms with E-state index >= 15 is 0 Å². The standard InChI is InChI=1S/C15H17FN2O/c1-9(2)13(10-5-7-12(16)8-6-10)15-17-14(18-19-15)11-3-4-11/h5-9,11,13H,3-4H2,1-2H3/t13-/m1/s1. The molecule has 1 aromatic carbocycles. The summed E-state index contributed by atoms with van der Waals surface area (Å²) in [7, 11) is 0. The van der Waals surface area contributed by atoms with E-state index in [-0.39, 0.29) is 11.7 Å². The maximum atomic E-state index is 13.0. The number of benzene rings is 1. The van der Waals surface area contributed by atoms with Crippen LogP contribution in [0.2, 0.25) is 0 Å². The second kappa shape index (κ2) is 4.76. The summed E-state index contributed by atoms with van der Waals surface area (Å²) in [5.41, 5.74) is 1.02. The van der Waals surface area contributed by atoms with Crippen LogP contribution in [-0.4, -0.2) is 10.1 Å². The number of halogens is 1. The SMILES string of the molecule is CC(C)[C@H](c1ccc(F)cc1)c1nc(C2CC2)no1. The van der Waals surface area contributed by atoms with E-state index < -0.39 is 0 Å². The summed E-state index contributed by atoms with van der Waals surface area (Å²) < 4.78 is 18.4. The molecule has 0 amide bonds. The monoisotopic (exact) mass is 260 g/mol. The highest BCUT2D eigenvalue weighted by molar-refractivity contribution is 5.26. The van der Waals surface area contributed by atoms with Gasteiger partial charge in [0.2, 0.25) is 5.89 Å². The molecule has 4 heteroatoms. The minimum absolute atomic E-state index is 0.0283. The smallest absolute Gasteiger partial charge is 0.234 e. The topological polar surface area (TPSA) is 38.9 Å². The lowest BCUT2D eigenvalue weighted by Crippen LogP contribution is -2.09. The van der Waals surface area contributed by atoms with Gasteiger partial charge in [0.25, 0.3) is 0 Å². The van der Waals surface area contributed by atoms with Crippen molar-refractivity contribution in [3.05, 3.63) is 47.4 Å². The quantitative estimate of drug-likeness (QED) is 0.837. The van der Waals surface area contributed by atoms with Crippen molar-refractivity contribution in [1.29, 1.82) is 0 Å². The molecule has 0 radical (unpaired) electrons. The van der Waals surface area contributed by atoms with Gasteiger partial charge in [-0.3, -0.25) is 0 Å². The molecule has 0 aliphatic heterocycles. The van der Waals surface area contributed by atoms with E-state index in [2.05, 4.69) is 24.0 Å². The van der Waals surface area contributed by atoms with Crippen LogP contribution in [0.1, 0.15) is 55.8 Å². The zero-order valence-corrected chi connectivity index (χ0v) is 11.1. The van der Waals surface area contributed by atoms with Crippen LogP contribution < -0.4 is 0 Å². The summed E-state index contributed by atoms with van der Waals surface area (Å²) in [6.07, 6.45) is 2.31. The highest BCUT2D eigenvalue weighted by Gasteiger charge is 2.31. The third-order valence-corrected chi connectivity index (χ3v) is 3.56. The lowest BCUT2D eigenvalue weighted by molar-refractivity contribution is 0.338. The second-order valence-corrected chi connectivity index (χ2v) is 5.54. The van der Waals surface area contributed by atoms with Gasteiger partial charge in [-0.25, -0.2) is 4.39 Å². The minimum Gasteiger partial charge on any atom is -0.339 e. The Labute approximate surface area is 111 Å². The Morgan fingerprint density at radius 3 is 2.47 bits per heavy atom. The molecule has 3 nitrogen and oxygen atoms in total. The maximum Gasteiger partial charge on any atom is 0.234 e. The Kier molecular flexibility index (Phi) is 3.09. The molecular weight excluding hydrogens is 243 g/mol. The molecule has 1 aliphatic rings. The Balaban J connectivity index is 1.92. The molecule has 1 heterocycles. The van der Waals surface area contributed by atoms with Crippen LogP contribution in [0.3, 0.4) is 0 Å². The minimum atomic E-state index is -0.226. The first-order valence-corrected chi connectivity index (χ1v) is 6.74. The van der Waals surface area contributed by atoms with Crippen molar-refractivity contribution in [2.75, 3.05) is 0 Å². The Morgan fingerprint density at radius 1 is 1.21 bits per heavy atom. The molecule has 1 saturated carbocycles. The summed E-state index contributed by atoms with van der Waals surface area (Å²) >= 11 is 0. The van der Waals surface area contributed by atoms with E-state index in [9.17, 15) is 4.39 Å². The van der Waals surface area contributed by atoms with E-state index in [0.29, 0.717) is 17.7 Å². The highest BCUT2D eigenvalue weighted by atomic mass is 19.1. The molecular formula is C15H17FN2O. The van der Waals surface area contributed by atoms with Crippen LogP contribution in [-0.2, 0) is 0 Å². The molecule has 0 bridgehead atoms. The van der Waals surface area contributed by atoms with Gasteiger partial charge in [-0.05, 0) is 36.5 Å². The van der Waals surface area contributed by atoms with Crippen LogP contribution >= 0.6 is 0 Å². The average molecular weight is 260 g/mol. The normalized spacial score (nSPS) is 16.8. The zero-order valence-electron chi connectivity index (χ0n) is 11.1. The number of hydrogen-bond donors (Lipinski definition) is 0. The van der Waals surface area contributed by atoms with Crippen LogP contribution in [0.5, 0.6) is 0 Å². The van der Waals surface area contributed by atoms with Gasteiger partial charge in [-0.2, -0.15) is 4.98 Å². The first-order valence-electron chi connectivity index (χ1n) is 6.74. The van der Waals surface area contributed by atoms with E-state index in [1.54, 1.807) is 12.1 Å². The van der Waals surface area contributed by atoms with Gasteiger partial charge in [0.15, 0.2) is 5.82 Å². The number of aromatic nitrogens is 2. The van der Waals surface area contributed by atoms with Gasteiger partial charge in [0.1, 0.15) is 5.82 Å². The second-order valence-electron chi connectivity index (χ2n) is 5.54. The molecule has 1 fully saturated rings. The van der Waals surface area contributed by atoms with Gasteiger partial charge in [0.05, 0.1) is 5.92 Å². The lowest BCUT2D eigenvalue weighted by Gasteiger charge is -2.17. The Morgan fingerprint density at radius 2 is 1.89 bits per heavy atom. The van der Waals surface area contributed by atoms with E-state index in [4.69, 9.17) is 4.52 Å². The predicted octanol–water partition coefficient (Wildman–Crippen LogP) is 3.87. The van der Waals surface area contributed by atoms with Gasteiger partial charge in [-0.15, -0.1) is 0 Å². The van der Waals surface area contributed by atoms with Crippen molar-refractivity contribution in [3.63, 3.8) is 0 Å². The Bertz CT molecular complexity index is 558. The van der Waals surface area contributed by atoms with Gasteiger partial charge >= 0.3 is 0 Å². The predicted molar refractivity (Wildman–Crippen MR) is 69.4 cm³/mol. The molecule has 0 spiro atoms. The average Bonchev–Trinajstić information content (AvgIpc) is 3.12. The van der Waals surface area contributed by atoms with Crippen molar-refractivity contribution in [3.8, 4) is 0 Å². The van der Waals surface area contributed by atoms with Crippen molar-refractivity contribution >= 4 is 0 Å². The molecule has 2 aromatic rings. The number of hydrogen-bond acceptors (Lipinski definition) is 3. The van der Waals surface area contributed by atoms with Crippen LogP contribution in [0.4, 0.5) is 4.39 Å². The summed E-state index contributed by atoms with van der Waals surface area (Å²) in [6.45, 7) is 4.21. The third kappa shape index (κ3) is 2.53. The molecule has 0 unspecified atom stereocenters. The summed E-state index contributed by atoms with van der Waals surface area (Å²) in [5.74, 6) is 2.07.